The van der Waals surface area contributed by atoms with E-state index in [9.17, 15) is 9.59 Å². The molecule has 0 bridgehead atoms. The van der Waals surface area contributed by atoms with Crippen LogP contribution >= 0.6 is 23.2 Å². The summed E-state index contributed by atoms with van der Waals surface area (Å²) in [5.41, 5.74) is 1.24. The minimum absolute atomic E-state index is 0.109. The molecule has 0 heterocycles. The van der Waals surface area contributed by atoms with Crippen LogP contribution in [0.4, 0.5) is 5.69 Å². The molecule has 2 rings (SSSR count). The standard InChI is InChI=1S/C20H22Cl2N2O4/c1-24(12-18(25)23-20-16(21)5-4-6-17(20)22)19(26)8-7-13-9-14(27-2)11-15(10-13)28-3/h4-6,9-11H,7-8,12H2,1-3H3,(H,23,25). The van der Waals surface area contributed by atoms with Crippen LogP contribution in [-0.4, -0.2) is 44.5 Å². The van der Waals surface area contributed by atoms with Crippen molar-refractivity contribution in [3.63, 3.8) is 0 Å². The molecule has 1 N–H and O–H groups in total. The summed E-state index contributed by atoms with van der Waals surface area (Å²) in [7, 11) is 4.71. The molecule has 0 aromatic heterocycles. The zero-order chi connectivity index (χ0) is 20.7. The van der Waals surface area contributed by atoms with Gasteiger partial charge >= 0.3 is 0 Å². The molecule has 0 spiro atoms. The number of anilines is 1. The average molecular weight is 425 g/mol. The van der Waals surface area contributed by atoms with Crippen molar-refractivity contribution in [2.75, 3.05) is 33.1 Å². The Morgan fingerprint density at radius 2 is 1.61 bits per heavy atom. The number of aryl methyl sites for hydroxylation is 1. The molecular formula is C20H22Cl2N2O4. The summed E-state index contributed by atoms with van der Waals surface area (Å²) >= 11 is 12.1. The Hall–Kier alpha value is -2.44. The normalized spacial score (nSPS) is 10.3. The first-order chi connectivity index (χ1) is 13.3. The van der Waals surface area contributed by atoms with Crippen molar-refractivity contribution < 1.29 is 19.1 Å². The predicted octanol–water partition coefficient (Wildman–Crippen LogP) is 4.04. The van der Waals surface area contributed by atoms with Crippen LogP contribution in [0, 0.1) is 0 Å². The summed E-state index contributed by atoms with van der Waals surface area (Å²) in [6.07, 6.45) is 0.738. The summed E-state index contributed by atoms with van der Waals surface area (Å²) in [5.74, 6) is 0.772. The number of rotatable bonds is 8. The van der Waals surface area contributed by atoms with E-state index >= 15 is 0 Å². The molecule has 0 fully saturated rings. The van der Waals surface area contributed by atoms with E-state index < -0.39 is 0 Å². The van der Waals surface area contributed by atoms with Crippen LogP contribution in [0.1, 0.15) is 12.0 Å². The maximum absolute atomic E-state index is 12.4. The number of carbonyl (C=O) groups excluding carboxylic acids is 2. The van der Waals surface area contributed by atoms with Gasteiger partial charge in [-0.25, -0.2) is 0 Å². The molecule has 8 heteroatoms. The molecule has 2 aromatic carbocycles. The SMILES string of the molecule is COc1cc(CCC(=O)N(C)CC(=O)Nc2c(Cl)cccc2Cl)cc(OC)c1. The van der Waals surface area contributed by atoms with Gasteiger partial charge in [-0.3, -0.25) is 9.59 Å². The first kappa shape index (κ1) is 21.9. The lowest BCUT2D eigenvalue weighted by atomic mass is 10.1. The number of para-hydroxylation sites is 1. The van der Waals surface area contributed by atoms with Gasteiger partial charge in [-0.1, -0.05) is 29.3 Å². The molecule has 28 heavy (non-hydrogen) atoms. The monoisotopic (exact) mass is 424 g/mol. The molecule has 0 aliphatic rings. The Kier molecular flexibility index (Phi) is 7.96. The minimum atomic E-state index is -0.381. The first-order valence-electron chi connectivity index (χ1n) is 8.53. The van der Waals surface area contributed by atoms with E-state index in [2.05, 4.69) is 5.32 Å². The van der Waals surface area contributed by atoms with E-state index in [1.165, 1.54) is 4.90 Å². The summed E-state index contributed by atoms with van der Waals surface area (Å²) in [5, 5.41) is 3.31. The third kappa shape index (κ3) is 6.04. The molecule has 0 saturated carbocycles. The summed E-state index contributed by atoms with van der Waals surface area (Å²) < 4.78 is 10.5. The summed E-state index contributed by atoms with van der Waals surface area (Å²) in [6.45, 7) is -0.109. The third-order valence-corrected chi connectivity index (χ3v) is 4.70. The largest absolute Gasteiger partial charge is 0.497 e. The van der Waals surface area contributed by atoms with Gasteiger partial charge < -0.3 is 19.7 Å². The highest BCUT2D eigenvalue weighted by Crippen LogP contribution is 2.29. The second-order valence-electron chi connectivity index (χ2n) is 6.12. The zero-order valence-electron chi connectivity index (χ0n) is 15.9. The highest BCUT2D eigenvalue weighted by atomic mass is 35.5. The predicted molar refractivity (Wildman–Crippen MR) is 111 cm³/mol. The van der Waals surface area contributed by atoms with E-state index in [0.717, 1.165) is 5.56 Å². The van der Waals surface area contributed by atoms with Gasteiger partial charge in [0.25, 0.3) is 0 Å². The molecule has 0 atom stereocenters. The van der Waals surface area contributed by atoms with Crippen molar-refractivity contribution in [3.05, 3.63) is 52.0 Å². The number of halogens is 2. The number of amides is 2. The fourth-order valence-corrected chi connectivity index (χ4v) is 3.04. The molecule has 0 aliphatic carbocycles. The highest BCUT2D eigenvalue weighted by Gasteiger charge is 2.15. The number of hydrogen-bond donors (Lipinski definition) is 1. The van der Waals surface area contributed by atoms with Gasteiger partial charge in [-0.2, -0.15) is 0 Å². The number of carbonyl (C=O) groups is 2. The lowest BCUT2D eigenvalue weighted by molar-refractivity contribution is -0.133. The van der Waals surface area contributed by atoms with Crippen LogP contribution in [-0.2, 0) is 16.0 Å². The van der Waals surface area contributed by atoms with Gasteiger partial charge in [-0.15, -0.1) is 0 Å². The van der Waals surface area contributed by atoms with Crippen molar-refractivity contribution in [1.82, 2.24) is 4.90 Å². The van der Waals surface area contributed by atoms with Gasteiger partial charge in [0.2, 0.25) is 11.8 Å². The maximum atomic E-state index is 12.4. The Labute approximate surface area is 174 Å². The van der Waals surface area contributed by atoms with E-state index in [1.807, 2.05) is 12.1 Å². The van der Waals surface area contributed by atoms with E-state index in [-0.39, 0.29) is 24.8 Å². The van der Waals surface area contributed by atoms with Crippen molar-refractivity contribution in [2.45, 2.75) is 12.8 Å². The Morgan fingerprint density at radius 1 is 1.04 bits per heavy atom. The molecule has 6 nitrogen and oxygen atoms in total. The van der Waals surface area contributed by atoms with E-state index in [4.69, 9.17) is 32.7 Å². The fourth-order valence-electron chi connectivity index (χ4n) is 2.55. The minimum Gasteiger partial charge on any atom is -0.497 e. The second kappa shape index (κ2) is 10.2. The lowest BCUT2D eigenvalue weighted by Gasteiger charge is -2.18. The molecular weight excluding hydrogens is 403 g/mol. The Balaban J connectivity index is 1.91. The van der Waals surface area contributed by atoms with Crippen LogP contribution < -0.4 is 14.8 Å². The topological polar surface area (TPSA) is 67.9 Å². The molecule has 0 saturated heterocycles. The number of likely N-dealkylation sites (N-methyl/N-ethyl adjacent to an activating group) is 1. The highest BCUT2D eigenvalue weighted by molar-refractivity contribution is 6.39. The van der Waals surface area contributed by atoms with Crippen LogP contribution in [0.3, 0.4) is 0 Å². The second-order valence-corrected chi connectivity index (χ2v) is 6.93. The van der Waals surface area contributed by atoms with Gasteiger partial charge in [0.1, 0.15) is 11.5 Å². The van der Waals surface area contributed by atoms with Crippen molar-refractivity contribution >= 4 is 40.7 Å². The fraction of sp³-hybridized carbons (Fsp3) is 0.300. The van der Waals surface area contributed by atoms with Crippen LogP contribution in [0.2, 0.25) is 10.0 Å². The molecule has 0 aliphatic heterocycles. The van der Waals surface area contributed by atoms with Crippen LogP contribution in [0.5, 0.6) is 11.5 Å². The number of hydrogen-bond acceptors (Lipinski definition) is 4. The van der Waals surface area contributed by atoms with Gasteiger partial charge in [0.15, 0.2) is 0 Å². The van der Waals surface area contributed by atoms with E-state index in [1.54, 1.807) is 45.5 Å². The third-order valence-electron chi connectivity index (χ3n) is 4.07. The number of methoxy groups -OCH3 is 2. The number of benzene rings is 2. The van der Waals surface area contributed by atoms with Gasteiger partial charge in [0.05, 0.1) is 36.5 Å². The molecule has 0 unspecified atom stereocenters. The lowest BCUT2D eigenvalue weighted by Crippen LogP contribution is -2.35. The maximum Gasteiger partial charge on any atom is 0.244 e. The quantitative estimate of drug-likeness (QED) is 0.693. The van der Waals surface area contributed by atoms with Crippen LogP contribution in [0.15, 0.2) is 36.4 Å². The molecule has 2 aromatic rings. The smallest absolute Gasteiger partial charge is 0.244 e. The zero-order valence-corrected chi connectivity index (χ0v) is 17.4. The summed E-state index contributed by atoms with van der Waals surface area (Å²) in [4.78, 5) is 26.0. The van der Waals surface area contributed by atoms with Crippen molar-refractivity contribution in [3.8, 4) is 11.5 Å². The number of nitrogens with zero attached hydrogens (tertiary/aromatic N) is 1. The van der Waals surface area contributed by atoms with Crippen molar-refractivity contribution in [2.24, 2.45) is 0 Å². The van der Waals surface area contributed by atoms with Gasteiger partial charge in [0, 0.05) is 19.5 Å². The molecule has 2 amide bonds. The van der Waals surface area contributed by atoms with Crippen LogP contribution in [0.25, 0.3) is 0 Å². The average Bonchev–Trinajstić information content (AvgIpc) is 2.68. The van der Waals surface area contributed by atoms with E-state index in [0.29, 0.717) is 33.7 Å². The number of nitrogens with one attached hydrogen (secondary N) is 1. The molecule has 0 radical (unpaired) electrons. The van der Waals surface area contributed by atoms with Crippen molar-refractivity contribution in [1.29, 1.82) is 0 Å². The van der Waals surface area contributed by atoms with Gasteiger partial charge in [-0.05, 0) is 36.2 Å². The Morgan fingerprint density at radius 3 is 2.14 bits per heavy atom. The molecule has 150 valence electrons. The summed E-state index contributed by atoms with van der Waals surface area (Å²) in [6, 6.07) is 10.4. The number of ether oxygens (including phenoxy) is 2. The first-order valence-corrected chi connectivity index (χ1v) is 9.29. The Bertz CT molecular complexity index is 816.